The van der Waals surface area contributed by atoms with Crippen LogP contribution in [-0.4, -0.2) is 52.7 Å². The van der Waals surface area contributed by atoms with Gasteiger partial charge in [0.15, 0.2) is 0 Å². The van der Waals surface area contributed by atoms with Gasteiger partial charge in [-0.2, -0.15) is 0 Å². The molecule has 0 aromatic heterocycles. The molecule has 2 N–H and O–H groups in total. The first-order valence-corrected chi connectivity index (χ1v) is 7.65. The van der Waals surface area contributed by atoms with Crippen molar-refractivity contribution in [2.75, 3.05) is 31.9 Å². The Balaban J connectivity index is 1.73. The maximum atomic E-state index is 12.3. The molecule has 0 radical (unpaired) electrons. The first kappa shape index (κ1) is 15.4. The lowest BCUT2D eigenvalue weighted by Crippen LogP contribution is -2.33. The van der Waals surface area contributed by atoms with Crippen LogP contribution in [0.25, 0.3) is 0 Å². The summed E-state index contributed by atoms with van der Waals surface area (Å²) in [5.41, 5.74) is 5.37. The fraction of sp³-hybridized carbons (Fsp3) is 0.467. The second-order valence-corrected chi connectivity index (χ2v) is 5.88. The van der Waals surface area contributed by atoms with Gasteiger partial charge in [-0.15, -0.1) is 0 Å². The van der Waals surface area contributed by atoms with Crippen LogP contribution in [0.1, 0.15) is 40.0 Å². The Bertz CT molecular complexity index is 682. The molecule has 1 aromatic carbocycles. The number of carbonyl (C=O) groups excluding carboxylic acids is 2. The highest BCUT2D eigenvalue weighted by atomic mass is 16.6. The van der Waals surface area contributed by atoms with Crippen molar-refractivity contribution < 1.29 is 14.5 Å². The number of likely N-dealkylation sites (tertiary alicyclic amines) is 1. The van der Waals surface area contributed by atoms with E-state index in [0.717, 1.165) is 30.6 Å². The van der Waals surface area contributed by atoms with E-state index in [1.54, 1.807) is 0 Å². The Labute approximate surface area is 133 Å². The molecule has 2 heterocycles. The predicted molar refractivity (Wildman–Crippen MR) is 83.2 cm³/mol. The van der Waals surface area contributed by atoms with Crippen LogP contribution in [0.4, 0.5) is 11.4 Å². The van der Waals surface area contributed by atoms with Gasteiger partial charge in [-0.3, -0.25) is 24.6 Å². The molecule has 0 atom stereocenters. The summed E-state index contributed by atoms with van der Waals surface area (Å²) in [6.07, 6.45) is 3.08. The molecule has 0 spiro atoms. The van der Waals surface area contributed by atoms with E-state index in [0.29, 0.717) is 13.0 Å². The van der Waals surface area contributed by atoms with E-state index in [1.165, 1.54) is 18.9 Å². The van der Waals surface area contributed by atoms with Gasteiger partial charge in [-0.25, -0.2) is 0 Å². The Hall–Kier alpha value is -2.48. The Morgan fingerprint density at radius 2 is 1.70 bits per heavy atom. The summed E-state index contributed by atoms with van der Waals surface area (Å²) in [4.78, 5) is 38.4. The summed E-state index contributed by atoms with van der Waals surface area (Å²) in [7, 11) is 0. The summed E-state index contributed by atoms with van der Waals surface area (Å²) in [5, 5.41) is 10.9. The van der Waals surface area contributed by atoms with Gasteiger partial charge in [-0.05, 0) is 45.0 Å². The number of nitrogens with zero attached hydrogens (tertiary/aromatic N) is 3. The number of anilines is 1. The lowest BCUT2D eigenvalue weighted by atomic mass is 10.1. The fourth-order valence-corrected chi connectivity index (χ4v) is 3.16. The molecule has 0 bridgehead atoms. The number of imide groups is 1. The van der Waals surface area contributed by atoms with Gasteiger partial charge >= 0.3 is 0 Å². The molecule has 1 saturated heterocycles. The largest absolute Gasteiger partial charge is 0.393 e. The van der Waals surface area contributed by atoms with Gasteiger partial charge in [0.1, 0.15) is 5.69 Å². The molecule has 122 valence electrons. The Morgan fingerprint density at radius 1 is 1.09 bits per heavy atom. The number of fused-ring (bicyclic) bond motifs is 1. The predicted octanol–water partition coefficient (Wildman–Crippen LogP) is 1.26. The zero-order valence-electron chi connectivity index (χ0n) is 12.7. The van der Waals surface area contributed by atoms with E-state index in [-0.39, 0.29) is 22.5 Å². The number of nitrogens with two attached hydrogens (primary N) is 1. The molecule has 8 nitrogen and oxygen atoms in total. The zero-order valence-corrected chi connectivity index (χ0v) is 12.7. The van der Waals surface area contributed by atoms with Crippen molar-refractivity contribution in [3.05, 3.63) is 33.4 Å². The average Bonchev–Trinajstić information content (AvgIpc) is 3.09. The molecule has 3 rings (SSSR count). The summed E-state index contributed by atoms with van der Waals surface area (Å²) in [5.74, 6) is -0.900. The van der Waals surface area contributed by atoms with Gasteiger partial charge in [0, 0.05) is 12.6 Å². The molecule has 23 heavy (non-hydrogen) atoms. The number of benzene rings is 1. The molecule has 1 aromatic rings. The third-order valence-corrected chi connectivity index (χ3v) is 4.37. The SMILES string of the molecule is Nc1cc2c(cc1[N+](=O)[O-])C(=O)N(CCCN1CCCC1)C2=O. The van der Waals surface area contributed by atoms with E-state index < -0.39 is 16.7 Å². The normalized spacial score (nSPS) is 17.8. The third-order valence-electron chi connectivity index (χ3n) is 4.37. The smallest absolute Gasteiger partial charge is 0.292 e. The number of hydrogen-bond acceptors (Lipinski definition) is 6. The molecular weight excluding hydrogens is 300 g/mol. The molecule has 8 heteroatoms. The van der Waals surface area contributed by atoms with Crippen molar-refractivity contribution in [2.45, 2.75) is 19.3 Å². The van der Waals surface area contributed by atoms with E-state index in [1.807, 2.05) is 0 Å². The number of nitro groups is 1. The van der Waals surface area contributed by atoms with E-state index in [4.69, 9.17) is 5.73 Å². The van der Waals surface area contributed by atoms with E-state index in [2.05, 4.69) is 4.90 Å². The first-order valence-electron chi connectivity index (χ1n) is 7.65. The van der Waals surface area contributed by atoms with Crippen LogP contribution in [0.2, 0.25) is 0 Å². The quantitative estimate of drug-likeness (QED) is 0.379. The minimum atomic E-state index is -0.649. The highest BCUT2D eigenvalue weighted by Crippen LogP contribution is 2.31. The van der Waals surface area contributed by atoms with Crippen molar-refractivity contribution in [1.29, 1.82) is 0 Å². The van der Waals surface area contributed by atoms with Crippen LogP contribution in [0, 0.1) is 10.1 Å². The maximum absolute atomic E-state index is 12.3. The zero-order chi connectivity index (χ0) is 16.6. The molecule has 0 aliphatic carbocycles. The first-order chi connectivity index (χ1) is 11.0. The third kappa shape index (κ3) is 2.77. The number of nitrogen functional groups attached to an aromatic ring is 1. The second-order valence-electron chi connectivity index (χ2n) is 5.88. The fourth-order valence-electron chi connectivity index (χ4n) is 3.16. The van der Waals surface area contributed by atoms with E-state index in [9.17, 15) is 19.7 Å². The summed E-state index contributed by atoms with van der Waals surface area (Å²) < 4.78 is 0. The van der Waals surface area contributed by atoms with Crippen LogP contribution in [-0.2, 0) is 0 Å². The average molecular weight is 318 g/mol. The lowest BCUT2D eigenvalue weighted by molar-refractivity contribution is -0.383. The van der Waals surface area contributed by atoms with Gasteiger partial charge in [0.2, 0.25) is 0 Å². The second kappa shape index (κ2) is 5.96. The van der Waals surface area contributed by atoms with Gasteiger partial charge in [0.25, 0.3) is 17.5 Å². The van der Waals surface area contributed by atoms with Crippen molar-refractivity contribution in [3.8, 4) is 0 Å². The molecule has 2 aliphatic heterocycles. The molecule has 2 amide bonds. The monoisotopic (exact) mass is 318 g/mol. The lowest BCUT2D eigenvalue weighted by Gasteiger charge is -2.17. The van der Waals surface area contributed by atoms with Crippen molar-refractivity contribution in [3.63, 3.8) is 0 Å². The topological polar surface area (TPSA) is 110 Å². The van der Waals surface area contributed by atoms with Crippen LogP contribution < -0.4 is 5.73 Å². The van der Waals surface area contributed by atoms with Crippen molar-refractivity contribution in [2.24, 2.45) is 0 Å². The van der Waals surface area contributed by atoms with Gasteiger partial charge in [-0.1, -0.05) is 0 Å². The molecule has 2 aliphatic rings. The standard InChI is InChI=1S/C15H18N4O4/c16-12-8-10-11(9-13(12)19(22)23)15(21)18(14(10)20)7-3-6-17-4-1-2-5-17/h8-9H,1-7,16H2. The van der Waals surface area contributed by atoms with Crippen LogP contribution >= 0.6 is 0 Å². The number of hydrogen-bond donors (Lipinski definition) is 1. The molecule has 1 fully saturated rings. The Kier molecular flexibility index (Phi) is 3.99. The van der Waals surface area contributed by atoms with Crippen LogP contribution in [0.15, 0.2) is 12.1 Å². The number of nitro benzene ring substituents is 1. The highest BCUT2D eigenvalue weighted by Gasteiger charge is 2.37. The molecular formula is C15H18N4O4. The van der Waals surface area contributed by atoms with Crippen LogP contribution in [0.5, 0.6) is 0 Å². The number of rotatable bonds is 5. The summed E-state index contributed by atoms with van der Waals surface area (Å²) in [6.45, 7) is 3.28. The minimum absolute atomic E-state index is 0.0667. The molecule has 0 saturated carbocycles. The van der Waals surface area contributed by atoms with Gasteiger partial charge < -0.3 is 10.6 Å². The highest BCUT2D eigenvalue weighted by molar-refractivity contribution is 6.22. The minimum Gasteiger partial charge on any atom is -0.393 e. The number of amides is 2. The summed E-state index contributed by atoms with van der Waals surface area (Å²) >= 11 is 0. The Morgan fingerprint density at radius 3 is 2.30 bits per heavy atom. The summed E-state index contributed by atoms with van der Waals surface area (Å²) in [6, 6.07) is 2.33. The van der Waals surface area contributed by atoms with Crippen LogP contribution in [0.3, 0.4) is 0 Å². The van der Waals surface area contributed by atoms with E-state index >= 15 is 0 Å². The van der Waals surface area contributed by atoms with Gasteiger partial charge in [0.05, 0.1) is 16.1 Å². The maximum Gasteiger partial charge on any atom is 0.292 e. The van der Waals surface area contributed by atoms with Crippen molar-refractivity contribution >= 4 is 23.2 Å². The molecule has 0 unspecified atom stereocenters. The van der Waals surface area contributed by atoms with Crippen molar-refractivity contribution in [1.82, 2.24) is 9.80 Å². The number of carbonyl (C=O) groups is 2.